The number of aromatic nitrogens is 2. The van der Waals surface area contributed by atoms with E-state index < -0.39 is 10.8 Å². The topological polar surface area (TPSA) is 90.1 Å². The molecule has 0 fully saturated rings. The van der Waals surface area contributed by atoms with Gasteiger partial charge in [0.05, 0.1) is 4.92 Å². The van der Waals surface area contributed by atoms with Crippen molar-refractivity contribution in [1.82, 2.24) is 9.78 Å². The maximum atomic E-state index is 12.2. The Hall–Kier alpha value is -3.48. The standard InChI is InChI=1S/C17H14N4O3/c1-20-11-15(21(23)24)16(19-20)17(22)18-14-9-7-13(8-10-14)12-5-3-2-4-6-12/h2-11H,1H3,(H,18,22). The molecule has 0 unspecified atom stereocenters. The average molecular weight is 322 g/mol. The molecule has 0 aliphatic rings. The Kier molecular flexibility index (Phi) is 4.07. The lowest BCUT2D eigenvalue weighted by Gasteiger charge is -2.05. The second kappa shape index (κ2) is 6.33. The lowest BCUT2D eigenvalue weighted by molar-refractivity contribution is -0.385. The number of carbonyl (C=O) groups is 1. The zero-order valence-corrected chi connectivity index (χ0v) is 12.8. The first kappa shape index (κ1) is 15.4. The van der Waals surface area contributed by atoms with Crippen LogP contribution in [0.1, 0.15) is 10.5 Å². The number of nitrogens with one attached hydrogen (secondary N) is 1. The highest BCUT2D eigenvalue weighted by molar-refractivity contribution is 6.05. The van der Waals surface area contributed by atoms with Gasteiger partial charge in [0.1, 0.15) is 6.20 Å². The number of nitro groups is 1. The largest absolute Gasteiger partial charge is 0.320 e. The Morgan fingerprint density at radius 1 is 1.08 bits per heavy atom. The van der Waals surface area contributed by atoms with E-state index in [1.807, 2.05) is 42.5 Å². The molecule has 0 radical (unpaired) electrons. The van der Waals surface area contributed by atoms with E-state index >= 15 is 0 Å². The van der Waals surface area contributed by atoms with E-state index in [1.165, 1.54) is 17.9 Å². The molecular formula is C17H14N4O3. The monoisotopic (exact) mass is 322 g/mol. The third-order valence-corrected chi connectivity index (χ3v) is 3.47. The summed E-state index contributed by atoms with van der Waals surface area (Å²) in [6.45, 7) is 0. The van der Waals surface area contributed by atoms with E-state index in [1.54, 1.807) is 12.1 Å². The molecule has 1 amide bonds. The summed E-state index contributed by atoms with van der Waals surface area (Å²) in [5.41, 5.74) is 2.08. The molecular weight excluding hydrogens is 308 g/mol. The van der Waals surface area contributed by atoms with E-state index in [2.05, 4.69) is 10.4 Å². The first-order valence-electron chi connectivity index (χ1n) is 7.19. The summed E-state index contributed by atoms with van der Waals surface area (Å²) in [6, 6.07) is 17.1. The summed E-state index contributed by atoms with van der Waals surface area (Å²) < 4.78 is 1.24. The Bertz CT molecular complexity index is 886. The molecule has 0 saturated heterocycles. The molecule has 3 rings (SSSR count). The molecule has 0 bridgehead atoms. The van der Waals surface area contributed by atoms with Crippen molar-refractivity contribution >= 4 is 17.3 Å². The van der Waals surface area contributed by atoms with Crippen molar-refractivity contribution in [3.05, 3.63) is 76.6 Å². The fraction of sp³-hybridized carbons (Fsp3) is 0.0588. The second-order valence-corrected chi connectivity index (χ2v) is 5.19. The van der Waals surface area contributed by atoms with Crippen molar-refractivity contribution in [3.63, 3.8) is 0 Å². The average Bonchev–Trinajstić information content (AvgIpc) is 2.99. The third kappa shape index (κ3) is 3.14. The molecule has 0 aliphatic heterocycles. The van der Waals surface area contributed by atoms with Gasteiger partial charge in [0.2, 0.25) is 5.69 Å². The molecule has 24 heavy (non-hydrogen) atoms. The van der Waals surface area contributed by atoms with Crippen LogP contribution in [0.25, 0.3) is 11.1 Å². The van der Waals surface area contributed by atoms with E-state index in [0.29, 0.717) is 5.69 Å². The van der Waals surface area contributed by atoms with Crippen molar-refractivity contribution in [2.24, 2.45) is 7.05 Å². The lowest BCUT2D eigenvalue weighted by Crippen LogP contribution is -2.14. The van der Waals surface area contributed by atoms with Crippen LogP contribution >= 0.6 is 0 Å². The molecule has 1 heterocycles. The normalized spacial score (nSPS) is 10.4. The van der Waals surface area contributed by atoms with Crippen LogP contribution in [0, 0.1) is 10.1 Å². The van der Waals surface area contributed by atoms with Crippen molar-refractivity contribution in [1.29, 1.82) is 0 Å². The van der Waals surface area contributed by atoms with Gasteiger partial charge in [0.15, 0.2) is 0 Å². The van der Waals surface area contributed by atoms with Gasteiger partial charge in [-0.3, -0.25) is 19.6 Å². The Balaban J connectivity index is 1.79. The van der Waals surface area contributed by atoms with Crippen LogP contribution in [0.15, 0.2) is 60.8 Å². The Morgan fingerprint density at radius 2 is 1.71 bits per heavy atom. The number of nitrogens with zero attached hydrogens (tertiary/aromatic N) is 3. The summed E-state index contributed by atoms with van der Waals surface area (Å²) in [4.78, 5) is 22.6. The number of benzene rings is 2. The highest BCUT2D eigenvalue weighted by atomic mass is 16.6. The molecule has 0 atom stereocenters. The molecule has 1 aromatic heterocycles. The van der Waals surface area contributed by atoms with Crippen LogP contribution in [-0.4, -0.2) is 20.6 Å². The van der Waals surface area contributed by atoms with Crippen molar-refractivity contribution in [2.75, 3.05) is 5.32 Å². The highest BCUT2D eigenvalue weighted by Gasteiger charge is 2.24. The van der Waals surface area contributed by atoms with Gasteiger partial charge in [-0.15, -0.1) is 0 Å². The van der Waals surface area contributed by atoms with Gasteiger partial charge in [-0.05, 0) is 23.3 Å². The van der Waals surface area contributed by atoms with E-state index in [0.717, 1.165) is 11.1 Å². The van der Waals surface area contributed by atoms with Gasteiger partial charge in [-0.25, -0.2) is 0 Å². The number of rotatable bonds is 4. The third-order valence-electron chi connectivity index (χ3n) is 3.47. The summed E-state index contributed by atoms with van der Waals surface area (Å²) in [5.74, 6) is -0.616. The van der Waals surface area contributed by atoms with Crippen LogP contribution in [0.5, 0.6) is 0 Å². The fourth-order valence-electron chi connectivity index (χ4n) is 2.34. The van der Waals surface area contributed by atoms with Gasteiger partial charge in [-0.1, -0.05) is 42.5 Å². The minimum absolute atomic E-state index is 0.213. The number of anilines is 1. The summed E-state index contributed by atoms with van der Waals surface area (Å²) in [5, 5.41) is 17.4. The number of aryl methyl sites for hydroxylation is 1. The summed E-state index contributed by atoms with van der Waals surface area (Å²) in [6.07, 6.45) is 1.20. The molecule has 0 saturated carbocycles. The van der Waals surface area contributed by atoms with E-state index in [4.69, 9.17) is 0 Å². The molecule has 0 spiro atoms. The first-order valence-corrected chi connectivity index (χ1v) is 7.19. The smallest absolute Gasteiger partial charge is 0.320 e. The van der Waals surface area contributed by atoms with E-state index in [9.17, 15) is 14.9 Å². The minimum Gasteiger partial charge on any atom is -0.320 e. The van der Waals surface area contributed by atoms with Gasteiger partial charge >= 0.3 is 5.69 Å². The number of hydrogen-bond donors (Lipinski definition) is 1. The number of amides is 1. The maximum absolute atomic E-state index is 12.2. The van der Waals surface area contributed by atoms with Crippen LogP contribution < -0.4 is 5.32 Å². The summed E-state index contributed by atoms with van der Waals surface area (Å²) >= 11 is 0. The quantitative estimate of drug-likeness (QED) is 0.589. The lowest BCUT2D eigenvalue weighted by atomic mass is 10.1. The molecule has 7 heteroatoms. The Morgan fingerprint density at radius 3 is 2.33 bits per heavy atom. The van der Waals surface area contributed by atoms with Crippen molar-refractivity contribution in [2.45, 2.75) is 0 Å². The van der Waals surface area contributed by atoms with Crippen molar-refractivity contribution < 1.29 is 9.72 Å². The van der Waals surface area contributed by atoms with Crippen LogP contribution in [0.4, 0.5) is 11.4 Å². The number of carbonyl (C=O) groups excluding carboxylic acids is 1. The van der Waals surface area contributed by atoms with Crippen LogP contribution in [-0.2, 0) is 7.05 Å². The van der Waals surface area contributed by atoms with Gasteiger partial charge in [0.25, 0.3) is 5.91 Å². The summed E-state index contributed by atoms with van der Waals surface area (Å²) in [7, 11) is 1.53. The zero-order valence-electron chi connectivity index (χ0n) is 12.8. The maximum Gasteiger partial charge on any atom is 0.320 e. The molecule has 7 nitrogen and oxygen atoms in total. The second-order valence-electron chi connectivity index (χ2n) is 5.19. The zero-order chi connectivity index (χ0) is 17.1. The first-order chi connectivity index (χ1) is 11.5. The molecule has 1 N–H and O–H groups in total. The Labute approximate surface area is 137 Å². The fourth-order valence-corrected chi connectivity index (χ4v) is 2.34. The molecule has 3 aromatic rings. The molecule has 2 aromatic carbocycles. The predicted molar refractivity (Wildman–Crippen MR) is 89.7 cm³/mol. The SMILES string of the molecule is Cn1cc([N+](=O)[O-])c(C(=O)Nc2ccc(-c3ccccc3)cc2)n1. The van der Waals surface area contributed by atoms with Crippen LogP contribution in [0.2, 0.25) is 0 Å². The highest BCUT2D eigenvalue weighted by Crippen LogP contribution is 2.22. The predicted octanol–water partition coefficient (Wildman–Crippen LogP) is 3.25. The van der Waals surface area contributed by atoms with Gasteiger partial charge in [-0.2, -0.15) is 5.10 Å². The molecule has 0 aliphatic carbocycles. The minimum atomic E-state index is -0.625. The number of hydrogen-bond acceptors (Lipinski definition) is 4. The van der Waals surface area contributed by atoms with E-state index in [-0.39, 0.29) is 11.4 Å². The van der Waals surface area contributed by atoms with Crippen molar-refractivity contribution in [3.8, 4) is 11.1 Å². The molecule has 120 valence electrons. The van der Waals surface area contributed by atoms with Gasteiger partial charge < -0.3 is 5.32 Å². The van der Waals surface area contributed by atoms with Gasteiger partial charge in [0, 0.05) is 12.7 Å². The van der Waals surface area contributed by atoms with Crippen LogP contribution in [0.3, 0.4) is 0 Å².